The summed E-state index contributed by atoms with van der Waals surface area (Å²) in [5, 5.41) is 13.6. The lowest BCUT2D eigenvalue weighted by molar-refractivity contribution is -0.384. The van der Waals surface area contributed by atoms with Gasteiger partial charge in [0.15, 0.2) is 5.13 Å². The van der Waals surface area contributed by atoms with E-state index in [1.807, 2.05) is 5.38 Å². The van der Waals surface area contributed by atoms with Crippen LogP contribution in [0.25, 0.3) is 0 Å². The van der Waals surface area contributed by atoms with Gasteiger partial charge in [-0.05, 0) is 25.0 Å². The van der Waals surface area contributed by atoms with Gasteiger partial charge >= 0.3 is 0 Å². The normalized spacial score (nSPS) is 14.8. The third kappa shape index (κ3) is 4.33. The number of non-ortho nitro benzene ring substituents is 1. The van der Waals surface area contributed by atoms with Crippen molar-refractivity contribution in [3.8, 4) is 0 Å². The predicted molar refractivity (Wildman–Crippen MR) is 95.5 cm³/mol. The Morgan fingerprint density at radius 2 is 1.92 bits per heavy atom. The molecule has 2 heterocycles. The summed E-state index contributed by atoms with van der Waals surface area (Å²) in [5.74, 6) is 0. The highest BCUT2D eigenvalue weighted by atomic mass is 32.2. The molecule has 0 amide bonds. The van der Waals surface area contributed by atoms with E-state index in [2.05, 4.69) is 14.6 Å². The summed E-state index contributed by atoms with van der Waals surface area (Å²) in [5.41, 5.74) is 0.717. The summed E-state index contributed by atoms with van der Waals surface area (Å²) in [7, 11) is -3.69. The molecule has 0 spiro atoms. The van der Waals surface area contributed by atoms with Crippen molar-refractivity contribution in [2.45, 2.75) is 24.2 Å². The molecule has 3 rings (SSSR count). The second-order valence-corrected chi connectivity index (χ2v) is 8.32. The number of rotatable bonds is 7. The van der Waals surface area contributed by atoms with Crippen molar-refractivity contribution in [3.63, 3.8) is 0 Å². The van der Waals surface area contributed by atoms with Gasteiger partial charge < -0.3 is 4.90 Å². The van der Waals surface area contributed by atoms with Crippen LogP contribution in [0.1, 0.15) is 18.5 Å². The van der Waals surface area contributed by atoms with Crippen molar-refractivity contribution < 1.29 is 13.3 Å². The molecule has 1 fully saturated rings. The van der Waals surface area contributed by atoms with E-state index < -0.39 is 14.9 Å². The highest BCUT2D eigenvalue weighted by Crippen LogP contribution is 2.24. The molecule has 1 saturated heterocycles. The van der Waals surface area contributed by atoms with Crippen molar-refractivity contribution in [2.75, 3.05) is 24.5 Å². The zero-order chi connectivity index (χ0) is 17.9. The average molecular weight is 382 g/mol. The van der Waals surface area contributed by atoms with E-state index in [1.165, 1.54) is 37.1 Å². The number of anilines is 1. The number of nitro groups is 1. The molecule has 1 aliphatic rings. The van der Waals surface area contributed by atoms with E-state index in [-0.39, 0.29) is 17.1 Å². The lowest BCUT2D eigenvalue weighted by Gasteiger charge is -2.12. The number of benzene rings is 1. The number of hydrogen-bond acceptors (Lipinski definition) is 7. The summed E-state index contributed by atoms with van der Waals surface area (Å²) in [4.78, 5) is 16.9. The molecule has 1 N–H and O–H groups in total. The predicted octanol–water partition coefficient (Wildman–Crippen LogP) is 2.17. The van der Waals surface area contributed by atoms with Crippen LogP contribution in [0, 0.1) is 10.1 Å². The molecular formula is C15H18N4O4S2. The monoisotopic (exact) mass is 382 g/mol. The third-order valence-electron chi connectivity index (χ3n) is 3.95. The maximum atomic E-state index is 12.2. The lowest BCUT2D eigenvalue weighted by atomic mass is 10.3. The number of aromatic nitrogens is 1. The number of sulfonamides is 1. The van der Waals surface area contributed by atoms with Crippen LogP contribution in [-0.2, 0) is 16.4 Å². The molecule has 1 aliphatic heterocycles. The van der Waals surface area contributed by atoms with E-state index >= 15 is 0 Å². The number of thiazole rings is 1. The molecule has 1 aromatic carbocycles. The van der Waals surface area contributed by atoms with Crippen molar-refractivity contribution in [3.05, 3.63) is 45.5 Å². The second kappa shape index (κ2) is 7.46. The second-order valence-electron chi connectivity index (χ2n) is 5.71. The fourth-order valence-electron chi connectivity index (χ4n) is 2.61. The number of nitrogens with one attached hydrogen (secondary N) is 1. The van der Waals surface area contributed by atoms with Crippen LogP contribution in [-0.4, -0.2) is 38.0 Å². The van der Waals surface area contributed by atoms with Crippen molar-refractivity contribution in [2.24, 2.45) is 0 Å². The standard InChI is InChI=1S/C15H18N4O4S2/c20-19(21)13-3-5-14(6-4-13)25(22,23)16-8-7-12-11-24-15(17-12)18-9-1-2-10-18/h3-6,11,16H,1-2,7-10H2. The van der Waals surface area contributed by atoms with Crippen LogP contribution in [0.5, 0.6) is 0 Å². The van der Waals surface area contributed by atoms with Crippen LogP contribution in [0.2, 0.25) is 0 Å². The summed E-state index contributed by atoms with van der Waals surface area (Å²) in [6, 6.07) is 4.82. The number of nitrogens with zero attached hydrogens (tertiary/aromatic N) is 3. The molecule has 10 heteroatoms. The maximum absolute atomic E-state index is 12.2. The van der Waals surface area contributed by atoms with Gasteiger partial charge in [-0.15, -0.1) is 11.3 Å². The van der Waals surface area contributed by atoms with Crippen LogP contribution < -0.4 is 9.62 Å². The minimum atomic E-state index is -3.69. The average Bonchev–Trinajstić information content (AvgIpc) is 3.26. The molecule has 134 valence electrons. The molecule has 0 radical (unpaired) electrons. The van der Waals surface area contributed by atoms with Crippen LogP contribution in [0.15, 0.2) is 34.5 Å². The Labute approximate surface area is 149 Å². The Balaban J connectivity index is 1.56. The zero-order valence-electron chi connectivity index (χ0n) is 13.4. The molecule has 25 heavy (non-hydrogen) atoms. The van der Waals surface area contributed by atoms with Gasteiger partial charge in [0.2, 0.25) is 10.0 Å². The van der Waals surface area contributed by atoms with Gasteiger partial charge in [-0.25, -0.2) is 18.1 Å². The molecule has 0 saturated carbocycles. The molecule has 0 bridgehead atoms. The highest BCUT2D eigenvalue weighted by molar-refractivity contribution is 7.89. The van der Waals surface area contributed by atoms with Crippen LogP contribution >= 0.6 is 11.3 Å². The van der Waals surface area contributed by atoms with Gasteiger partial charge in [0.05, 0.1) is 15.5 Å². The Hall–Kier alpha value is -2.04. The van der Waals surface area contributed by atoms with Gasteiger partial charge in [0, 0.05) is 43.6 Å². The van der Waals surface area contributed by atoms with Gasteiger partial charge in [-0.2, -0.15) is 0 Å². The van der Waals surface area contributed by atoms with E-state index in [9.17, 15) is 18.5 Å². The van der Waals surface area contributed by atoms with Crippen LogP contribution in [0.4, 0.5) is 10.8 Å². The van der Waals surface area contributed by atoms with Crippen molar-refractivity contribution >= 4 is 32.2 Å². The van der Waals surface area contributed by atoms with E-state index in [0.717, 1.165) is 23.9 Å². The number of nitro benzene ring substituents is 1. The molecule has 2 aromatic rings. The smallest absolute Gasteiger partial charge is 0.269 e. The first-order valence-corrected chi connectivity index (χ1v) is 10.3. The van der Waals surface area contributed by atoms with Gasteiger partial charge in [-0.3, -0.25) is 10.1 Å². The summed E-state index contributed by atoms with van der Waals surface area (Å²) < 4.78 is 26.9. The van der Waals surface area contributed by atoms with Gasteiger partial charge in [0.1, 0.15) is 0 Å². The molecule has 8 nitrogen and oxygen atoms in total. The largest absolute Gasteiger partial charge is 0.348 e. The van der Waals surface area contributed by atoms with E-state index in [1.54, 1.807) is 11.3 Å². The molecule has 0 atom stereocenters. The Kier molecular flexibility index (Phi) is 5.30. The Bertz CT molecular complexity index is 843. The van der Waals surface area contributed by atoms with Gasteiger partial charge in [-0.1, -0.05) is 0 Å². The summed E-state index contributed by atoms with van der Waals surface area (Å²) in [6.45, 7) is 2.28. The molecular weight excluding hydrogens is 364 g/mol. The first-order valence-electron chi connectivity index (χ1n) is 7.89. The highest BCUT2D eigenvalue weighted by Gasteiger charge is 2.17. The maximum Gasteiger partial charge on any atom is 0.269 e. The topological polar surface area (TPSA) is 105 Å². The Morgan fingerprint density at radius 1 is 1.24 bits per heavy atom. The minimum absolute atomic E-state index is 0.00846. The molecule has 1 aromatic heterocycles. The van der Waals surface area contributed by atoms with E-state index in [0.29, 0.717) is 6.42 Å². The summed E-state index contributed by atoms with van der Waals surface area (Å²) >= 11 is 1.58. The fourth-order valence-corrected chi connectivity index (χ4v) is 4.55. The molecule has 0 unspecified atom stereocenters. The first-order chi connectivity index (χ1) is 12.0. The lowest BCUT2D eigenvalue weighted by Crippen LogP contribution is -2.26. The fraction of sp³-hybridized carbons (Fsp3) is 0.400. The zero-order valence-corrected chi connectivity index (χ0v) is 15.1. The van der Waals surface area contributed by atoms with Crippen molar-refractivity contribution in [1.29, 1.82) is 0 Å². The SMILES string of the molecule is O=[N+]([O-])c1ccc(S(=O)(=O)NCCc2csc(N3CCCC3)n2)cc1. The Morgan fingerprint density at radius 3 is 2.56 bits per heavy atom. The van der Waals surface area contributed by atoms with E-state index in [4.69, 9.17) is 0 Å². The first kappa shape index (κ1) is 17.8. The summed E-state index contributed by atoms with van der Waals surface area (Å²) in [6.07, 6.45) is 2.87. The minimum Gasteiger partial charge on any atom is -0.348 e. The number of hydrogen-bond donors (Lipinski definition) is 1. The van der Waals surface area contributed by atoms with Crippen molar-refractivity contribution in [1.82, 2.24) is 9.71 Å². The quantitative estimate of drug-likeness (QED) is 0.581. The molecule has 0 aliphatic carbocycles. The third-order valence-corrected chi connectivity index (χ3v) is 6.37. The van der Waals surface area contributed by atoms with Crippen LogP contribution in [0.3, 0.4) is 0 Å². The van der Waals surface area contributed by atoms with Gasteiger partial charge in [0.25, 0.3) is 5.69 Å².